The number of hydrogen-bond acceptors (Lipinski definition) is 6. The van der Waals surface area contributed by atoms with Crippen LogP contribution in [0.15, 0.2) is 0 Å². The summed E-state index contributed by atoms with van der Waals surface area (Å²) < 4.78 is 13.7. The van der Waals surface area contributed by atoms with Gasteiger partial charge in [-0.2, -0.15) is 0 Å². The minimum Gasteiger partial charge on any atom is -0.468 e. The van der Waals surface area contributed by atoms with Gasteiger partial charge in [-0.15, -0.1) is 0 Å². The molecule has 0 aromatic rings. The van der Waals surface area contributed by atoms with E-state index in [4.69, 9.17) is 0 Å². The van der Waals surface area contributed by atoms with Gasteiger partial charge in [-0.1, -0.05) is 0 Å². The normalized spacial score (nSPS) is 11.4. The minimum absolute atomic E-state index is 0.134. The van der Waals surface area contributed by atoms with E-state index in [9.17, 15) is 14.4 Å². The molecule has 0 aromatic heterocycles. The standard InChI is InChI=1S/C10H16O6/c1-4-15-8(11)6-7(9(12)14-3)10(13)16-5-2/h7H,4-6H2,1-3H3. The highest BCUT2D eigenvalue weighted by molar-refractivity contribution is 5.98. The van der Waals surface area contributed by atoms with Crippen molar-refractivity contribution >= 4 is 17.9 Å². The van der Waals surface area contributed by atoms with Crippen LogP contribution in [0.3, 0.4) is 0 Å². The van der Waals surface area contributed by atoms with Gasteiger partial charge in [0.05, 0.1) is 26.7 Å². The molecule has 0 heterocycles. The van der Waals surface area contributed by atoms with Crippen LogP contribution in [0.1, 0.15) is 20.3 Å². The highest BCUT2D eigenvalue weighted by atomic mass is 16.6. The van der Waals surface area contributed by atoms with Crippen LogP contribution in [0.5, 0.6) is 0 Å². The molecular weight excluding hydrogens is 216 g/mol. The summed E-state index contributed by atoms with van der Waals surface area (Å²) in [5.74, 6) is -3.45. The van der Waals surface area contributed by atoms with E-state index < -0.39 is 23.8 Å². The van der Waals surface area contributed by atoms with E-state index in [-0.39, 0.29) is 19.6 Å². The summed E-state index contributed by atoms with van der Waals surface area (Å²) in [5, 5.41) is 0. The molecule has 16 heavy (non-hydrogen) atoms. The zero-order chi connectivity index (χ0) is 12.6. The van der Waals surface area contributed by atoms with E-state index in [1.165, 1.54) is 0 Å². The van der Waals surface area contributed by atoms with E-state index in [0.717, 1.165) is 7.11 Å². The van der Waals surface area contributed by atoms with Crippen LogP contribution in [0.25, 0.3) is 0 Å². The predicted octanol–water partition coefficient (Wildman–Crippen LogP) is 0.292. The first-order valence-electron chi connectivity index (χ1n) is 4.96. The van der Waals surface area contributed by atoms with Gasteiger partial charge in [0.1, 0.15) is 0 Å². The Morgan fingerprint density at radius 1 is 1.00 bits per heavy atom. The Labute approximate surface area is 93.8 Å². The molecule has 92 valence electrons. The smallest absolute Gasteiger partial charge is 0.320 e. The summed E-state index contributed by atoms with van der Waals surface area (Å²) in [5.41, 5.74) is 0. The SMILES string of the molecule is CCOC(=O)CC(C(=O)OC)C(=O)OCC. The van der Waals surface area contributed by atoms with Gasteiger partial charge >= 0.3 is 17.9 Å². The molecule has 6 heteroatoms. The number of rotatable bonds is 6. The van der Waals surface area contributed by atoms with Crippen molar-refractivity contribution in [2.45, 2.75) is 20.3 Å². The lowest BCUT2D eigenvalue weighted by molar-refractivity contribution is -0.165. The molecule has 0 aromatic carbocycles. The van der Waals surface area contributed by atoms with Crippen molar-refractivity contribution in [3.63, 3.8) is 0 Å². The van der Waals surface area contributed by atoms with Crippen molar-refractivity contribution in [1.82, 2.24) is 0 Å². The molecule has 0 amide bonds. The first-order chi connectivity index (χ1) is 7.56. The molecule has 1 atom stereocenters. The van der Waals surface area contributed by atoms with Crippen LogP contribution in [-0.4, -0.2) is 38.2 Å². The van der Waals surface area contributed by atoms with Gasteiger partial charge < -0.3 is 14.2 Å². The fourth-order valence-corrected chi connectivity index (χ4v) is 1.03. The lowest BCUT2D eigenvalue weighted by Gasteiger charge is -2.12. The molecule has 0 N–H and O–H groups in total. The van der Waals surface area contributed by atoms with Gasteiger partial charge in [-0.05, 0) is 13.8 Å². The summed E-state index contributed by atoms with van der Waals surface area (Å²) in [6.45, 7) is 3.57. The second-order valence-electron chi connectivity index (χ2n) is 2.84. The molecule has 6 nitrogen and oxygen atoms in total. The van der Waals surface area contributed by atoms with E-state index >= 15 is 0 Å². The van der Waals surface area contributed by atoms with Gasteiger partial charge in [-0.25, -0.2) is 0 Å². The molecule has 0 aliphatic heterocycles. The Kier molecular flexibility index (Phi) is 6.91. The van der Waals surface area contributed by atoms with Gasteiger partial charge in [0.15, 0.2) is 5.92 Å². The summed E-state index contributed by atoms with van der Waals surface area (Å²) in [6, 6.07) is 0. The van der Waals surface area contributed by atoms with E-state index in [1.807, 2.05) is 0 Å². The zero-order valence-electron chi connectivity index (χ0n) is 9.65. The van der Waals surface area contributed by atoms with E-state index in [2.05, 4.69) is 14.2 Å². The maximum absolute atomic E-state index is 11.4. The van der Waals surface area contributed by atoms with Crippen molar-refractivity contribution in [1.29, 1.82) is 0 Å². The fraction of sp³-hybridized carbons (Fsp3) is 0.700. The number of ether oxygens (including phenoxy) is 3. The van der Waals surface area contributed by atoms with Crippen LogP contribution in [0.2, 0.25) is 0 Å². The second kappa shape index (κ2) is 7.67. The van der Waals surface area contributed by atoms with Gasteiger partial charge in [0, 0.05) is 0 Å². The number of hydrogen-bond donors (Lipinski definition) is 0. The van der Waals surface area contributed by atoms with Gasteiger partial charge in [0.2, 0.25) is 0 Å². The number of esters is 3. The lowest BCUT2D eigenvalue weighted by Crippen LogP contribution is -2.30. The average molecular weight is 232 g/mol. The Bertz CT molecular complexity index is 260. The molecule has 0 fully saturated rings. The zero-order valence-corrected chi connectivity index (χ0v) is 9.65. The van der Waals surface area contributed by atoms with Crippen LogP contribution in [0, 0.1) is 5.92 Å². The largest absolute Gasteiger partial charge is 0.468 e. The molecule has 0 saturated carbocycles. The summed E-state index contributed by atoms with van der Waals surface area (Å²) >= 11 is 0. The molecule has 0 aliphatic carbocycles. The molecule has 0 saturated heterocycles. The van der Waals surface area contributed by atoms with Crippen molar-refractivity contribution in [3.8, 4) is 0 Å². The third kappa shape index (κ3) is 4.77. The van der Waals surface area contributed by atoms with Crippen LogP contribution >= 0.6 is 0 Å². The summed E-state index contributed by atoms with van der Waals surface area (Å²) in [6.07, 6.45) is -0.362. The van der Waals surface area contributed by atoms with E-state index in [1.54, 1.807) is 13.8 Å². The quantitative estimate of drug-likeness (QED) is 0.372. The monoisotopic (exact) mass is 232 g/mol. The summed E-state index contributed by atoms with van der Waals surface area (Å²) in [7, 11) is 1.14. The van der Waals surface area contributed by atoms with Crippen LogP contribution < -0.4 is 0 Å². The molecule has 0 spiro atoms. The maximum atomic E-state index is 11.4. The van der Waals surface area contributed by atoms with Crippen molar-refractivity contribution in [3.05, 3.63) is 0 Å². The summed E-state index contributed by atoms with van der Waals surface area (Å²) in [4.78, 5) is 33.7. The molecule has 1 unspecified atom stereocenters. The van der Waals surface area contributed by atoms with Crippen molar-refractivity contribution < 1.29 is 28.6 Å². The lowest BCUT2D eigenvalue weighted by atomic mass is 10.1. The van der Waals surface area contributed by atoms with Crippen molar-refractivity contribution in [2.24, 2.45) is 5.92 Å². The number of carbonyl (C=O) groups is 3. The predicted molar refractivity (Wildman–Crippen MR) is 53.4 cm³/mol. The average Bonchev–Trinajstić information content (AvgIpc) is 2.25. The maximum Gasteiger partial charge on any atom is 0.320 e. The number of carbonyl (C=O) groups excluding carboxylic acids is 3. The van der Waals surface area contributed by atoms with Gasteiger partial charge in [0.25, 0.3) is 0 Å². The Morgan fingerprint density at radius 3 is 2.00 bits per heavy atom. The molecule has 0 radical (unpaired) electrons. The second-order valence-corrected chi connectivity index (χ2v) is 2.84. The molecule has 0 aliphatic rings. The number of methoxy groups -OCH3 is 1. The first-order valence-corrected chi connectivity index (χ1v) is 4.96. The Morgan fingerprint density at radius 2 is 1.56 bits per heavy atom. The highest BCUT2D eigenvalue weighted by Crippen LogP contribution is 2.09. The molecule has 0 bridgehead atoms. The van der Waals surface area contributed by atoms with E-state index in [0.29, 0.717) is 0 Å². The van der Waals surface area contributed by atoms with Crippen molar-refractivity contribution in [2.75, 3.05) is 20.3 Å². The minimum atomic E-state index is -1.25. The van der Waals surface area contributed by atoms with Gasteiger partial charge in [-0.3, -0.25) is 14.4 Å². The highest BCUT2D eigenvalue weighted by Gasteiger charge is 2.32. The van der Waals surface area contributed by atoms with Crippen LogP contribution in [0.4, 0.5) is 0 Å². The van der Waals surface area contributed by atoms with Crippen LogP contribution in [-0.2, 0) is 28.6 Å². The first kappa shape index (κ1) is 14.4. The third-order valence-electron chi connectivity index (χ3n) is 1.73. The third-order valence-corrected chi connectivity index (χ3v) is 1.73. The Balaban J connectivity index is 4.49. The molecular formula is C10H16O6. The Hall–Kier alpha value is -1.59. The fourth-order valence-electron chi connectivity index (χ4n) is 1.03. The molecule has 0 rings (SSSR count). The topological polar surface area (TPSA) is 78.9 Å².